The minimum absolute atomic E-state index is 0.0429. The first-order valence-corrected chi connectivity index (χ1v) is 4.45. The Morgan fingerprint density at radius 1 is 1.35 bits per heavy atom. The minimum Gasteiger partial charge on any atom is -0.530 e. The number of carbonyl (C=O) groups is 1. The van der Waals surface area contributed by atoms with Crippen LogP contribution in [0.2, 0.25) is 0 Å². The Kier molecular flexibility index (Phi) is 2.53. The van der Waals surface area contributed by atoms with Crippen LogP contribution in [0.3, 0.4) is 0 Å². The number of aromatic nitrogens is 2. The maximum atomic E-state index is 10.6. The molecule has 2 rings (SSSR count). The molecule has 1 heterocycles. The molecule has 0 unspecified atom stereocenters. The number of hydrogen-bond acceptors (Lipinski definition) is 6. The molecule has 0 radical (unpaired) electrons. The monoisotopic (exact) mass is 233 g/mol. The number of carboxylic acid groups (broad SMARTS) is 1. The highest BCUT2D eigenvalue weighted by Gasteiger charge is 2.10. The lowest BCUT2D eigenvalue weighted by Crippen LogP contribution is -2.29. The second-order valence-electron chi connectivity index (χ2n) is 3.09. The first kappa shape index (κ1) is 10.7. The van der Waals surface area contributed by atoms with Crippen molar-refractivity contribution in [1.29, 1.82) is 0 Å². The van der Waals surface area contributed by atoms with Crippen molar-refractivity contribution in [3.05, 3.63) is 34.6 Å². The van der Waals surface area contributed by atoms with Crippen LogP contribution >= 0.6 is 0 Å². The van der Waals surface area contributed by atoms with E-state index in [2.05, 4.69) is 9.97 Å². The Balaban J connectivity index is 2.63. The minimum atomic E-state index is -1.54. The molecule has 8 nitrogen and oxygen atoms in total. The molecule has 0 aliphatic rings. The molecular formula is C9H5N4O4-. The summed E-state index contributed by atoms with van der Waals surface area (Å²) < 4.78 is 0. The summed E-state index contributed by atoms with van der Waals surface area (Å²) in [7, 11) is 0. The average molecular weight is 233 g/mol. The number of nitrogens with one attached hydrogen (secondary N) is 1. The number of carbonyl (C=O) groups excluding carboxylic acids is 1. The third-order valence-electron chi connectivity index (χ3n) is 2.05. The van der Waals surface area contributed by atoms with E-state index in [0.717, 1.165) is 6.33 Å². The fourth-order valence-corrected chi connectivity index (χ4v) is 1.35. The fraction of sp³-hybridized carbons (Fsp3) is 0. The number of rotatable bonds is 2. The predicted molar refractivity (Wildman–Crippen MR) is 55.2 cm³/mol. The van der Waals surface area contributed by atoms with Crippen molar-refractivity contribution in [3.8, 4) is 0 Å². The smallest absolute Gasteiger partial charge is 0.270 e. The standard InChI is InChI=1S/C9H6N4O4/c14-9(15)12-8-6-3-5(13(16)17)1-2-7(6)10-4-11-8/h1-4H,(H,14,15)(H,10,11,12)/p-1. The summed E-state index contributed by atoms with van der Waals surface area (Å²) >= 11 is 0. The average Bonchev–Trinajstić information content (AvgIpc) is 2.28. The van der Waals surface area contributed by atoms with Gasteiger partial charge in [0.25, 0.3) is 5.69 Å². The highest BCUT2D eigenvalue weighted by molar-refractivity contribution is 5.96. The van der Waals surface area contributed by atoms with Gasteiger partial charge in [-0.3, -0.25) is 10.1 Å². The third kappa shape index (κ3) is 2.09. The number of benzene rings is 1. The van der Waals surface area contributed by atoms with Gasteiger partial charge in [0.1, 0.15) is 18.2 Å². The van der Waals surface area contributed by atoms with E-state index in [1.165, 1.54) is 18.2 Å². The number of anilines is 1. The quantitative estimate of drug-likeness (QED) is 0.587. The van der Waals surface area contributed by atoms with Crippen molar-refractivity contribution in [2.45, 2.75) is 0 Å². The largest absolute Gasteiger partial charge is 0.530 e. The Morgan fingerprint density at radius 2 is 2.12 bits per heavy atom. The summed E-state index contributed by atoms with van der Waals surface area (Å²) in [4.78, 5) is 28.0. The number of hydrogen-bond donors (Lipinski definition) is 1. The zero-order valence-corrected chi connectivity index (χ0v) is 8.28. The molecule has 0 aliphatic carbocycles. The van der Waals surface area contributed by atoms with Crippen LogP contribution in [0.25, 0.3) is 10.9 Å². The van der Waals surface area contributed by atoms with Gasteiger partial charge in [-0.2, -0.15) is 0 Å². The maximum absolute atomic E-state index is 10.6. The van der Waals surface area contributed by atoms with Crippen LogP contribution in [-0.4, -0.2) is 21.0 Å². The molecule has 1 aromatic carbocycles. The van der Waals surface area contributed by atoms with Crippen LogP contribution in [0.4, 0.5) is 16.3 Å². The SMILES string of the molecule is O=C([O-])Nc1ncnc2ccc([N+](=O)[O-])cc12. The zero-order chi connectivity index (χ0) is 12.4. The molecule has 17 heavy (non-hydrogen) atoms. The summed E-state index contributed by atoms with van der Waals surface area (Å²) in [5.41, 5.74) is 0.225. The van der Waals surface area contributed by atoms with Crippen LogP contribution in [0.1, 0.15) is 0 Å². The number of nitrogens with zero attached hydrogens (tertiary/aromatic N) is 3. The van der Waals surface area contributed by atoms with Gasteiger partial charge in [0, 0.05) is 17.5 Å². The van der Waals surface area contributed by atoms with Gasteiger partial charge in [-0.1, -0.05) is 0 Å². The van der Waals surface area contributed by atoms with Crippen LogP contribution in [0.15, 0.2) is 24.5 Å². The van der Waals surface area contributed by atoms with E-state index in [9.17, 15) is 20.0 Å². The van der Waals surface area contributed by atoms with Crippen molar-refractivity contribution >= 4 is 28.5 Å². The van der Waals surface area contributed by atoms with Crippen LogP contribution in [0.5, 0.6) is 0 Å². The summed E-state index contributed by atoms with van der Waals surface area (Å²) in [6.07, 6.45) is -0.393. The van der Waals surface area contributed by atoms with Crippen LogP contribution in [-0.2, 0) is 0 Å². The maximum Gasteiger partial charge on any atom is 0.270 e. The molecule has 8 heteroatoms. The van der Waals surface area contributed by atoms with Crippen LogP contribution in [0, 0.1) is 10.1 Å². The first-order valence-electron chi connectivity index (χ1n) is 4.45. The summed E-state index contributed by atoms with van der Waals surface area (Å²) in [6, 6.07) is 3.88. The summed E-state index contributed by atoms with van der Waals surface area (Å²) in [5, 5.41) is 23.2. The van der Waals surface area contributed by atoms with Gasteiger partial charge < -0.3 is 15.2 Å². The Bertz CT molecular complexity index is 613. The molecule has 0 spiro atoms. The molecule has 2 aromatic rings. The third-order valence-corrected chi connectivity index (χ3v) is 2.05. The van der Waals surface area contributed by atoms with Crippen molar-refractivity contribution in [3.63, 3.8) is 0 Å². The number of fused-ring (bicyclic) bond motifs is 1. The molecule has 1 aromatic heterocycles. The Hall–Kier alpha value is -2.77. The van der Waals surface area contributed by atoms with Gasteiger partial charge in [-0.05, 0) is 6.07 Å². The molecule has 0 saturated carbocycles. The van der Waals surface area contributed by atoms with Gasteiger partial charge in [0.2, 0.25) is 0 Å². The van der Waals surface area contributed by atoms with E-state index in [4.69, 9.17) is 0 Å². The van der Waals surface area contributed by atoms with Gasteiger partial charge in [0.15, 0.2) is 0 Å². The van der Waals surface area contributed by atoms with E-state index in [1.54, 1.807) is 0 Å². The fourth-order valence-electron chi connectivity index (χ4n) is 1.35. The van der Waals surface area contributed by atoms with Crippen LogP contribution < -0.4 is 10.4 Å². The summed E-state index contributed by atoms with van der Waals surface area (Å²) in [5.74, 6) is -0.0429. The molecule has 0 saturated heterocycles. The number of nitro groups is 1. The van der Waals surface area contributed by atoms with Crippen molar-refractivity contribution < 1.29 is 14.8 Å². The van der Waals surface area contributed by atoms with E-state index >= 15 is 0 Å². The predicted octanol–water partition coefficient (Wildman–Crippen LogP) is 0.293. The molecule has 1 N–H and O–H groups in total. The Morgan fingerprint density at radius 3 is 2.76 bits per heavy atom. The van der Waals surface area contributed by atoms with E-state index in [-0.39, 0.29) is 16.9 Å². The second kappa shape index (κ2) is 4.00. The molecular weight excluding hydrogens is 228 g/mol. The first-order chi connectivity index (χ1) is 8.08. The number of amides is 1. The lowest BCUT2D eigenvalue weighted by molar-refractivity contribution is -0.384. The molecule has 0 fully saturated rings. The lowest BCUT2D eigenvalue weighted by Gasteiger charge is -2.07. The van der Waals surface area contributed by atoms with Crippen molar-refractivity contribution in [2.24, 2.45) is 0 Å². The normalized spacial score (nSPS) is 10.1. The second-order valence-corrected chi connectivity index (χ2v) is 3.09. The van der Waals surface area contributed by atoms with Crippen molar-refractivity contribution in [2.75, 3.05) is 5.32 Å². The number of nitro benzene ring substituents is 1. The highest BCUT2D eigenvalue weighted by atomic mass is 16.6. The van der Waals surface area contributed by atoms with E-state index in [0.29, 0.717) is 5.52 Å². The molecule has 1 amide bonds. The topological polar surface area (TPSA) is 121 Å². The van der Waals surface area contributed by atoms with Gasteiger partial charge >= 0.3 is 0 Å². The molecule has 0 atom stereocenters. The lowest BCUT2D eigenvalue weighted by atomic mass is 10.2. The highest BCUT2D eigenvalue weighted by Crippen LogP contribution is 2.23. The van der Waals surface area contributed by atoms with E-state index < -0.39 is 11.0 Å². The number of non-ortho nitro benzene ring substituents is 1. The molecule has 86 valence electrons. The van der Waals surface area contributed by atoms with Gasteiger partial charge in [-0.25, -0.2) is 9.97 Å². The molecule has 0 bridgehead atoms. The zero-order valence-electron chi connectivity index (χ0n) is 8.28. The Labute approximate surface area is 94.1 Å². The summed E-state index contributed by atoms with van der Waals surface area (Å²) in [6.45, 7) is 0. The van der Waals surface area contributed by atoms with Gasteiger partial charge in [-0.15, -0.1) is 0 Å². The van der Waals surface area contributed by atoms with Gasteiger partial charge in [0.05, 0.1) is 10.4 Å². The van der Waals surface area contributed by atoms with Crippen molar-refractivity contribution in [1.82, 2.24) is 9.97 Å². The van der Waals surface area contributed by atoms with E-state index in [1.807, 2.05) is 5.32 Å². The molecule has 0 aliphatic heterocycles.